The van der Waals surface area contributed by atoms with Crippen LogP contribution < -0.4 is 10.6 Å². The number of carbonyl (C=O) groups is 1. The zero-order valence-corrected chi connectivity index (χ0v) is 14.0. The van der Waals surface area contributed by atoms with Crippen LogP contribution in [0.5, 0.6) is 0 Å². The lowest BCUT2D eigenvalue weighted by Crippen LogP contribution is -2.21. The van der Waals surface area contributed by atoms with Gasteiger partial charge in [0.2, 0.25) is 5.95 Å². The Kier molecular flexibility index (Phi) is 4.07. The summed E-state index contributed by atoms with van der Waals surface area (Å²) in [6.45, 7) is 0. The van der Waals surface area contributed by atoms with E-state index in [1.165, 1.54) is 5.56 Å². The minimum absolute atomic E-state index is 0.273. The molecule has 0 atom stereocenters. The van der Waals surface area contributed by atoms with Crippen molar-refractivity contribution in [3.8, 4) is 11.3 Å². The van der Waals surface area contributed by atoms with E-state index in [0.717, 1.165) is 29.7 Å². The Morgan fingerprint density at radius 2 is 1.84 bits per heavy atom. The van der Waals surface area contributed by atoms with Crippen molar-refractivity contribution in [2.75, 3.05) is 10.6 Å². The van der Waals surface area contributed by atoms with Crippen molar-refractivity contribution in [3.05, 3.63) is 70.9 Å². The Labute approximate surface area is 150 Å². The third kappa shape index (κ3) is 3.32. The van der Waals surface area contributed by atoms with E-state index in [9.17, 15) is 4.79 Å². The van der Waals surface area contributed by atoms with E-state index >= 15 is 0 Å². The molecule has 2 aromatic carbocycles. The monoisotopic (exact) mass is 350 g/mol. The Hall–Kier alpha value is -2.92. The third-order valence-electron chi connectivity index (χ3n) is 4.11. The van der Waals surface area contributed by atoms with Crippen LogP contribution in [0.1, 0.15) is 11.1 Å². The fraction of sp³-hybridized carbons (Fsp3) is 0.105. The smallest absolute Gasteiger partial charge is 0.308 e. The van der Waals surface area contributed by atoms with E-state index in [1.54, 1.807) is 30.5 Å². The van der Waals surface area contributed by atoms with Crippen LogP contribution in [0.3, 0.4) is 0 Å². The fourth-order valence-corrected chi connectivity index (χ4v) is 3.14. The van der Waals surface area contributed by atoms with Crippen LogP contribution in [-0.4, -0.2) is 16.0 Å². The number of amides is 2. The number of benzene rings is 2. The number of fused-ring (bicyclic) bond motifs is 3. The van der Waals surface area contributed by atoms with E-state index in [1.807, 2.05) is 12.1 Å². The number of hydrogen-bond acceptors (Lipinski definition) is 3. The Balaban J connectivity index is 1.56. The summed E-state index contributed by atoms with van der Waals surface area (Å²) >= 11 is 5.92. The molecule has 0 unspecified atom stereocenters. The molecule has 2 N–H and O–H groups in total. The molecule has 124 valence electrons. The van der Waals surface area contributed by atoms with E-state index in [-0.39, 0.29) is 5.95 Å². The molecular formula is C19H15ClN4O. The van der Waals surface area contributed by atoms with Crippen molar-refractivity contribution in [1.29, 1.82) is 0 Å². The number of aryl methyl sites for hydroxylation is 2. The standard InChI is InChI=1S/C19H15ClN4O/c20-14-5-3-6-15(10-14)22-19(25)24-18-21-11-13-9-8-12-4-1-2-7-16(12)17(13)23-18/h1-7,10-11H,8-9H2,(H2,21,22,23,24,25). The van der Waals surface area contributed by atoms with Crippen LogP contribution in [0.4, 0.5) is 16.4 Å². The van der Waals surface area contributed by atoms with Gasteiger partial charge in [-0.05, 0) is 42.2 Å². The first-order valence-corrected chi connectivity index (χ1v) is 8.34. The van der Waals surface area contributed by atoms with E-state index in [2.05, 4.69) is 32.7 Å². The van der Waals surface area contributed by atoms with Crippen molar-refractivity contribution in [1.82, 2.24) is 9.97 Å². The molecule has 0 bridgehead atoms. The van der Waals surface area contributed by atoms with Gasteiger partial charge in [0, 0.05) is 22.5 Å². The number of nitrogens with zero attached hydrogens (tertiary/aromatic N) is 2. The van der Waals surface area contributed by atoms with Crippen LogP contribution in [0.15, 0.2) is 54.7 Å². The molecule has 4 rings (SSSR count). The first kappa shape index (κ1) is 15.6. The summed E-state index contributed by atoms with van der Waals surface area (Å²) in [6, 6.07) is 14.7. The molecule has 1 heterocycles. The molecular weight excluding hydrogens is 336 g/mol. The molecule has 3 aromatic rings. The molecule has 0 spiro atoms. The molecule has 0 radical (unpaired) electrons. The van der Waals surface area contributed by atoms with Gasteiger partial charge < -0.3 is 5.32 Å². The fourth-order valence-electron chi connectivity index (χ4n) is 2.95. The summed E-state index contributed by atoms with van der Waals surface area (Å²) in [5.41, 5.74) is 4.95. The number of rotatable bonds is 2. The highest BCUT2D eigenvalue weighted by atomic mass is 35.5. The Bertz CT molecular complexity index is 958. The maximum Gasteiger partial charge on any atom is 0.326 e. The second kappa shape index (κ2) is 6.53. The molecule has 1 aliphatic carbocycles. The molecule has 25 heavy (non-hydrogen) atoms. The lowest BCUT2D eigenvalue weighted by Gasteiger charge is -2.18. The highest BCUT2D eigenvalue weighted by Gasteiger charge is 2.18. The van der Waals surface area contributed by atoms with Crippen molar-refractivity contribution < 1.29 is 4.79 Å². The molecule has 0 saturated heterocycles. The van der Waals surface area contributed by atoms with Crippen molar-refractivity contribution >= 4 is 29.3 Å². The highest BCUT2D eigenvalue weighted by molar-refractivity contribution is 6.30. The van der Waals surface area contributed by atoms with Gasteiger partial charge in [0.15, 0.2) is 0 Å². The normalized spacial score (nSPS) is 12.0. The van der Waals surface area contributed by atoms with E-state index < -0.39 is 6.03 Å². The molecule has 0 saturated carbocycles. The topological polar surface area (TPSA) is 66.9 Å². The lowest BCUT2D eigenvalue weighted by atomic mass is 9.90. The minimum atomic E-state index is -0.411. The largest absolute Gasteiger partial charge is 0.326 e. The summed E-state index contributed by atoms with van der Waals surface area (Å²) < 4.78 is 0. The van der Waals surface area contributed by atoms with Gasteiger partial charge in [-0.15, -0.1) is 0 Å². The van der Waals surface area contributed by atoms with Crippen LogP contribution >= 0.6 is 11.6 Å². The minimum Gasteiger partial charge on any atom is -0.308 e. The van der Waals surface area contributed by atoms with Gasteiger partial charge in [0.25, 0.3) is 0 Å². The van der Waals surface area contributed by atoms with Crippen LogP contribution in [0.25, 0.3) is 11.3 Å². The molecule has 1 aliphatic rings. The van der Waals surface area contributed by atoms with Gasteiger partial charge in [-0.3, -0.25) is 5.32 Å². The van der Waals surface area contributed by atoms with E-state index in [0.29, 0.717) is 10.7 Å². The predicted octanol–water partition coefficient (Wildman–Crippen LogP) is 4.54. The number of carbonyl (C=O) groups excluding carboxylic acids is 1. The number of hydrogen-bond donors (Lipinski definition) is 2. The molecule has 0 aliphatic heterocycles. The first-order valence-electron chi connectivity index (χ1n) is 7.97. The van der Waals surface area contributed by atoms with Gasteiger partial charge in [0.05, 0.1) is 5.69 Å². The van der Waals surface area contributed by atoms with Crippen LogP contribution in [-0.2, 0) is 12.8 Å². The number of aromatic nitrogens is 2. The Morgan fingerprint density at radius 1 is 1.00 bits per heavy atom. The quantitative estimate of drug-likeness (QED) is 0.713. The van der Waals surface area contributed by atoms with Gasteiger partial charge in [-0.2, -0.15) is 0 Å². The molecule has 1 aromatic heterocycles. The predicted molar refractivity (Wildman–Crippen MR) is 99.0 cm³/mol. The van der Waals surface area contributed by atoms with Gasteiger partial charge in [-0.1, -0.05) is 41.9 Å². The van der Waals surface area contributed by atoms with E-state index in [4.69, 9.17) is 11.6 Å². The number of urea groups is 1. The van der Waals surface area contributed by atoms with Gasteiger partial charge in [-0.25, -0.2) is 14.8 Å². The molecule has 5 nitrogen and oxygen atoms in total. The van der Waals surface area contributed by atoms with Gasteiger partial charge >= 0.3 is 6.03 Å². The zero-order chi connectivity index (χ0) is 17.2. The maximum atomic E-state index is 12.2. The first-order chi connectivity index (χ1) is 12.2. The Morgan fingerprint density at radius 3 is 2.72 bits per heavy atom. The lowest BCUT2D eigenvalue weighted by molar-refractivity contribution is 0.262. The molecule has 6 heteroatoms. The zero-order valence-electron chi connectivity index (χ0n) is 13.3. The summed E-state index contributed by atoms with van der Waals surface area (Å²) in [4.78, 5) is 21.0. The van der Waals surface area contributed by atoms with Crippen molar-refractivity contribution in [2.24, 2.45) is 0 Å². The number of anilines is 2. The SMILES string of the molecule is O=C(Nc1cccc(Cl)c1)Nc1ncc2c(n1)-c1ccccc1CC2. The van der Waals surface area contributed by atoms with Gasteiger partial charge in [0.1, 0.15) is 0 Å². The third-order valence-corrected chi connectivity index (χ3v) is 4.34. The van der Waals surface area contributed by atoms with Crippen molar-refractivity contribution in [3.63, 3.8) is 0 Å². The second-order valence-corrected chi connectivity index (χ2v) is 6.25. The maximum absolute atomic E-state index is 12.2. The number of halogens is 1. The molecule has 0 fully saturated rings. The average Bonchev–Trinajstić information content (AvgIpc) is 2.61. The average molecular weight is 351 g/mol. The molecule has 2 amide bonds. The highest BCUT2D eigenvalue weighted by Crippen LogP contribution is 2.31. The summed E-state index contributed by atoms with van der Waals surface area (Å²) in [6.07, 6.45) is 3.67. The van der Waals surface area contributed by atoms with Crippen LogP contribution in [0, 0.1) is 0 Å². The second-order valence-electron chi connectivity index (χ2n) is 5.81. The van der Waals surface area contributed by atoms with Crippen LogP contribution in [0.2, 0.25) is 5.02 Å². The summed E-state index contributed by atoms with van der Waals surface area (Å²) in [7, 11) is 0. The summed E-state index contributed by atoms with van der Waals surface area (Å²) in [5.74, 6) is 0.273. The number of nitrogens with one attached hydrogen (secondary N) is 2. The van der Waals surface area contributed by atoms with Crippen molar-refractivity contribution in [2.45, 2.75) is 12.8 Å². The summed E-state index contributed by atoms with van der Waals surface area (Å²) in [5, 5.41) is 5.95.